The minimum Gasteiger partial charge on any atom is -0.382 e. The molecular weight excluding hydrogens is 198 g/mol. The van der Waals surface area contributed by atoms with Crippen molar-refractivity contribution in [3.63, 3.8) is 0 Å². The zero-order valence-electron chi connectivity index (χ0n) is 9.54. The van der Waals surface area contributed by atoms with E-state index in [0.717, 1.165) is 13.1 Å². The standard InChI is InChI=1S/C10H23NO2S/c1-4-14-7-5-6-11-8-10(13-3)9-12-2/h10-11H,4-9H2,1-3H3. The van der Waals surface area contributed by atoms with Crippen molar-refractivity contribution in [3.8, 4) is 0 Å². The largest absolute Gasteiger partial charge is 0.382 e. The Kier molecular flexibility index (Phi) is 11.5. The van der Waals surface area contributed by atoms with Crippen LogP contribution in [-0.4, -0.2) is 51.5 Å². The van der Waals surface area contributed by atoms with Crippen LogP contribution >= 0.6 is 11.8 Å². The van der Waals surface area contributed by atoms with Gasteiger partial charge in [-0.25, -0.2) is 0 Å². The normalized spacial score (nSPS) is 13.1. The molecule has 0 spiro atoms. The number of thioether (sulfide) groups is 1. The third kappa shape index (κ3) is 8.81. The number of hydrogen-bond donors (Lipinski definition) is 1. The minimum atomic E-state index is 0.179. The molecule has 0 heterocycles. The Morgan fingerprint density at radius 1 is 1.36 bits per heavy atom. The first-order valence-electron chi connectivity index (χ1n) is 5.15. The molecule has 14 heavy (non-hydrogen) atoms. The fraction of sp³-hybridized carbons (Fsp3) is 1.00. The van der Waals surface area contributed by atoms with E-state index in [1.165, 1.54) is 17.9 Å². The number of nitrogens with one attached hydrogen (secondary N) is 1. The van der Waals surface area contributed by atoms with Crippen molar-refractivity contribution in [1.29, 1.82) is 0 Å². The van der Waals surface area contributed by atoms with Crippen molar-refractivity contribution in [2.24, 2.45) is 0 Å². The molecule has 4 heteroatoms. The van der Waals surface area contributed by atoms with E-state index in [9.17, 15) is 0 Å². The molecule has 0 rings (SSSR count). The molecule has 86 valence electrons. The third-order valence-electron chi connectivity index (χ3n) is 1.90. The zero-order valence-corrected chi connectivity index (χ0v) is 10.4. The van der Waals surface area contributed by atoms with Gasteiger partial charge in [0.2, 0.25) is 0 Å². The second kappa shape index (κ2) is 11.3. The van der Waals surface area contributed by atoms with Gasteiger partial charge in [-0.1, -0.05) is 6.92 Å². The van der Waals surface area contributed by atoms with Gasteiger partial charge in [0.15, 0.2) is 0 Å². The predicted molar refractivity (Wildman–Crippen MR) is 63.2 cm³/mol. The maximum absolute atomic E-state index is 5.23. The summed E-state index contributed by atoms with van der Waals surface area (Å²) in [6.45, 7) is 4.79. The quantitative estimate of drug-likeness (QED) is 0.565. The van der Waals surface area contributed by atoms with Gasteiger partial charge in [-0.3, -0.25) is 0 Å². The van der Waals surface area contributed by atoms with E-state index in [4.69, 9.17) is 9.47 Å². The van der Waals surface area contributed by atoms with Gasteiger partial charge in [-0.05, 0) is 24.5 Å². The first-order chi connectivity index (χ1) is 6.85. The highest BCUT2D eigenvalue weighted by Gasteiger charge is 2.04. The molecule has 0 aromatic rings. The molecule has 0 aromatic carbocycles. The maximum atomic E-state index is 5.23. The molecule has 0 fully saturated rings. The first kappa shape index (κ1) is 14.2. The van der Waals surface area contributed by atoms with E-state index in [0.29, 0.717) is 6.61 Å². The highest BCUT2D eigenvalue weighted by molar-refractivity contribution is 7.99. The Bertz CT molecular complexity index is 114. The number of methoxy groups -OCH3 is 2. The Morgan fingerprint density at radius 2 is 2.14 bits per heavy atom. The van der Waals surface area contributed by atoms with Crippen LogP contribution in [0.1, 0.15) is 13.3 Å². The van der Waals surface area contributed by atoms with Gasteiger partial charge < -0.3 is 14.8 Å². The number of hydrogen-bond acceptors (Lipinski definition) is 4. The summed E-state index contributed by atoms with van der Waals surface area (Å²) >= 11 is 1.99. The molecule has 0 aromatic heterocycles. The summed E-state index contributed by atoms with van der Waals surface area (Å²) in [5, 5.41) is 3.36. The molecule has 0 radical (unpaired) electrons. The molecule has 1 atom stereocenters. The molecule has 0 aliphatic carbocycles. The molecule has 0 aliphatic heterocycles. The van der Waals surface area contributed by atoms with Crippen LogP contribution in [0.4, 0.5) is 0 Å². The van der Waals surface area contributed by atoms with Crippen molar-refractivity contribution in [3.05, 3.63) is 0 Å². The van der Waals surface area contributed by atoms with E-state index in [2.05, 4.69) is 12.2 Å². The predicted octanol–water partition coefficient (Wildman–Crippen LogP) is 1.38. The fourth-order valence-corrected chi connectivity index (χ4v) is 1.74. The van der Waals surface area contributed by atoms with Crippen LogP contribution in [0.2, 0.25) is 0 Å². The van der Waals surface area contributed by atoms with E-state index < -0.39 is 0 Å². The Morgan fingerprint density at radius 3 is 2.71 bits per heavy atom. The van der Waals surface area contributed by atoms with E-state index in [1.54, 1.807) is 14.2 Å². The van der Waals surface area contributed by atoms with Crippen molar-refractivity contribution in [1.82, 2.24) is 5.32 Å². The van der Waals surface area contributed by atoms with Gasteiger partial charge in [-0.15, -0.1) is 0 Å². The van der Waals surface area contributed by atoms with E-state index in [-0.39, 0.29) is 6.10 Å². The second-order valence-electron chi connectivity index (χ2n) is 3.07. The highest BCUT2D eigenvalue weighted by Crippen LogP contribution is 1.99. The van der Waals surface area contributed by atoms with Crippen LogP contribution < -0.4 is 5.32 Å². The SMILES string of the molecule is CCSCCCNCC(COC)OC. The summed E-state index contributed by atoms with van der Waals surface area (Å²) in [6.07, 6.45) is 1.40. The molecule has 1 unspecified atom stereocenters. The number of ether oxygens (including phenoxy) is 2. The molecule has 1 N–H and O–H groups in total. The van der Waals surface area contributed by atoms with Crippen LogP contribution in [0.5, 0.6) is 0 Å². The smallest absolute Gasteiger partial charge is 0.0928 e. The summed E-state index contributed by atoms with van der Waals surface area (Å²) in [6, 6.07) is 0. The summed E-state index contributed by atoms with van der Waals surface area (Å²) < 4.78 is 10.2. The Balaban J connectivity index is 3.15. The third-order valence-corrected chi connectivity index (χ3v) is 2.89. The minimum absolute atomic E-state index is 0.179. The Labute approximate surface area is 91.9 Å². The highest BCUT2D eigenvalue weighted by atomic mass is 32.2. The average Bonchev–Trinajstić information content (AvgIpc) is 2.21. The van der Waals surface area contributed by atoms with Crippen LogP contribution in [-0.2, 0) is 9.47 Å². The lowest BCUT2D eigenvalue weighted by Gasteiger charge is -2.14. The van der Waals surface area contributed by atoms with Gasteiger partial charge >= 0.3 is 0 Å². The molecule has 0 aliphatic rings. The van der Waals surface area contributed by atoms with Crippen LogP contribution in [0.15, 0.2) is 0 Å². The lowest BCUT2D eigenvalue weighted by atomic mass is 10.3. The number of rotatable bonds is 10. The maximum Gasteiger partial charge on any atom is 0.0928 e. The van der Waals surface area contributed by atoms with Crippen molar-refractivity contribution < 1.29 is 9.47 Å². The van der Waals surface area contributed by atoms with Crippen LogP contribution in [0.3, 0.4) is 0 Å². The van der Waals surface area contributed by atoms with Crippen molar-refractivity contribution in [2.45, 2.75) is 19.4 Å². The van der Waals surface area contributed by atoms with Crippen LogP contribution in [0.25, 0.3) is 0 Å². The van der Waals surface area contributed by atoms with E-state index >= 15 is 0 Å². The summed E-state index contributed by atoms with van der Waals surface area (Å²) in [4.78, 5) is 0. The van der Waals surface area contributed by atoms with Gasteiger partial charge in [0, 0.05) is 20.8 Å². The molecule has 0 saturated carbocycles. The Hall–Kier alpha value is 0.230. The molecule has 0 amide bonds. The first-order valence-corrected chi connectivity index (χ1v) is 6.30. The molecule has 0 saturated heterocycles. The molecule has 3 nitrogen and oxygen atoms in total. The topological polar surface area (TPSA) is 30.5 Å². The van der Waals surface area contributed by atoms with Crippen molar-refractivity contribution in [2.75, 3.05) is 45.4 Å². The zero-order chi connectivity index (χ0) is 10.6. The summed E-state index contributed by atoms with van der Waals surface area (Å²) in [5.41, 5.74) is 0. The van der Waals surface area contributed by atoms with E-state index in [1.807, 2.05) is 11.8 Å². The molecular formula is C10H23NO2S. The van der Waals surface area contributed by atoms with Crippen molar-refractivity contribution >= 4 is 11.8 Å². The molecule has 0 bridgehead atoms. The average molecular weight is 221 g/mol. The van der Waals surface area contributed by atoms with Gasteiger partial charge in [0.05, 0.1) is 12.7 Å². The monoisotopic (exact) mass is 221 g/mol. The van der Waals surface area contributed by atoms with Gasteiger partial charge in [0.1, 0.15) is 0 Å². The second-order valence-corrected chi connectivity index (χ2v) is 4.46. The summed E-state index contributed by atoms with van der Waals surface area (Å²) in [5.74, 6) is 2.45. The lowest BCUT2D eigenvalue weighted by molar-refractivity contribution is 0.0291. The fourth-order valence-electron chi connectivity index (χ4n) is 1.10. The van der Waals surface area contributed by atoms with Gasteiger partial charge in [-0.2, -0.15) is 11.8 Å². The van der Waals surface area contributed by atoms with Crippen LogP contribution in [0, 0.1) is 0 Å². The lowest BCUT2D eigenvalue weighted by Crippen LogP contribution is -2.32. The summed E-state index contributed by atoms with van der Waals surface area (Å²) in [7, 11) is 3.42. The van der Waals surface area contributed by atoms with Gasteiger partial charge in [0.25, 0.3) is 0 Å².